The molecule has 8 nitrogen and oxygen atoms in total. The van der Waals surface area contributed by atoms with Crippen molar-refractivity contribution in [3.05, 3.63) is 41.9 Å². The van der Waals surface area contributed by atoms with Crippen molar-refractivity contribution in [2.24, 2.45) is 5.41 Å². The van der Waals surface area contributed by atoms with Gasteiger partial charge in [-0.15, -0.1) is 0 Å². The summed E-state index contributed by atoms with van der Waals surface area (Å²) in [4.78, 5) is 27.0. The van der Waals surface area contributed by atoms with E-state index in [2.05, 4.69) is 10.1 Å². The second kappa shape index (κ2) is 8.85. The average Bonchev–Trinajstić information content (AvgIpc) is 3.12. The zero-order valence-electron chi connectivity index (χ0n) is 15.6. The second-order valence-corrected chi connectivity index (χ2v) is 7.07. The van der Waals surface area contributed by atoms with Crippen LogP contribution in [0.5, 0.6) is 5.75 Å². The van der Waals surface area contributed by atoms with Gasteiger partial charge in [-0.1, -0.05) is 25.4 Å². The highest BCUT2D eigenvalue weighted by Crippen LogP contribution is 2.34. The molecule has 2 unspecified atom stereocenters. The van der Waals surface area contributed by atoms with E-state index in [1.165, 1.54) is 31.2 Å². The molecule has 0 spiro atoms. The van der Waals surface area contributed by atoms with Crippen LogP contribution < -0.4 is 4.74 Å². The molecule has 2 aromatic rings. The first-order chi connectivity index (χ1) is 12.7. The molecule has 1 heterocycles. The Kier molecular flexibility index (Phi) is 6.79. The third kappa shape index (κ3) is 5.96. The monoisotopic (exact) mass is 395 g/mol. The van der Waals surface area contributed by atoms with Crippen LogP contribution >= 0.6 is 11.6 Å². The van der Waals surface area contributed by atoms with Crippen LogP contribution in [0.25, 0.3) is 0 Å². The van der Waals surface area contributed by atoms with E-state index in [1.54, 1.807) is 38.1 Å². The number of ether oxygens (including phenoxy) is 3. The first kappa shape index (κ1) is 20.7. The van der Waals surface area contributed by atoms with E-state index >= 15 is 0 Å². The Bertz CT molecular complexity index is 762. The number of hydrogen-bond acceptors (Lipinski definition) is 7. The number of carbonyl (C=O) groups excluding carboxylic acids is 2. The van der Waals surface area contributed by atoms with E-state index < -0.39 is 29.7 Å². The second-order valence-electron chi connectivity index (χ2n) is 6.64. The highest BCUT2D eigenvalue weighted by Gasteiger charge is 2.42. The van der Waals surface area contributed by atoms with Gasteiger partial charge in [0, 0.05) is 24.3 Å². The van der Waals surface area contributed by atoms with E-state index in [0.29, 0.717) is 10.8 Å². The lowest BCUT2D eigenvalue weighted by molar-refractivity contribution is -0.175. The number of halogens is 1. The molecule has 0 saturated heterocycles. The normalized spacial score (nSPS) is 13.5. The van der Waals surface area contributed by atoms with Gasteiger partial charge in [-0.3, -0.25) is 9.59 Å². The first-order valence-electron chi connectivity index (χ1n) is 8.26. The zero-order chi connectivity index (χ0) is 20.0. The molecular weight excluding hydrogens is 374 g/mol. The molecule has 0 N–H and O–H groups in total. The van der Waals surface area contributed by atoms with E-state index in [1.807, 2.05) is 0 Å². The Morgan fingerprint density at radius 2 is 1.85 bits per heavy atom. The Morgan fingerprint density at radius 3 is 2.37 bits per heavy atom. The van der Waals surface area contributed by atoms with Crippen LogP contribution in [0.2, 0.25) is 5.02 Å². The molecule has 0 aliphatic heterocycles. The molecule has 0 aliphatic rings. The predicted octanol–water partition coefficient (Wildman–Crippen LogP) is 3.03. The highest BCUT2D eigenvalue weighted by molar-refractivity contribution is 6.30. The molecule has 2 rings (SSSR count). The van der Waals surface area contributed by atoms with Crippen molar-refractivity contribution in [3.63, 3.8) is 0 Å². The molecule has 0 aliphatic carbocycles. The van der Waals surface area contributed by atoms with Gasteiger partial charge in [0.15, 0.2) is 6.10 Å². The van der Waals surface area contributed by atoms with Crippen LogP contribution in [-0.2, 0) is 19.1 Å². The Balaban J connectivity index is 2.38. The molecule has 1 aromatic heterocycles. The average molecular weight is 396 g/mol. The minimum atomic E-state index is -0.844. The Morgan fingerprint density at radius 1 is 1.19 bits per heavy atom. The standard InChI is InChI=1S/C18H22ClN3O5/c1-12(23)25-9-18(3,4)16(26-13(2)24)17(22-11-20-10-21-22)27-15-7-5-14(19)6-8-15/h5-8,10-11,16-17H,9H2,1-4H3. The van der Waals surface area contributed by atoms with Crippen molar-refractivity contribution in [1.82, 2.24) is 14.8 Å². The Labute approximate surface area is 162 Å². The fourth-order valence-corrected chi connectivity index (χ4v) is 2.53. The highest BCUT2D eigenvalue weighted by atomic mass is 35.5. The summed E-state index contributed by atoms with van der Waals surface area (Å²) in [5.41, 5.74) is -0.777. The summed E-state index contributed by atoms with van der Waals surface area (Å²) in [6, 6.07) is 6.74. The minimum Gasteiger partial charge on any atom is -0.465 e. The van der Waals surface area contributed by atoms with Crippen LogP contribution in [0.1, 0.15) is 33.9 Å². The summed E-state index contributed by atoms with van der Waals surface area (Å²) in [7, 11) is 0. The molecule has 9 heteroatoms. The number of aromatic nitrogens is 3. The van der Waals surface area contributed by atoms with E-state index in [0.717, 1.165) is 0 Å². The third-order valence-corrected chi connectivity index (χ3v) is 3.99. The van der Waals surface area contributed by atoms with Gasteiger partial charge in [0.1, 0.15) is 25.0 Å². The molecule has 0 amide bonds. The molecule has 146 valence electrons. The quantitative estimate of drug-likeness (QED) is 0.634. The van der Waals surface area contributed by atoms with Crippen LogP contribution in [0, 0.1) is 5.41 Å². The number of nitrogens with zero attached hydrogens (tertiary/aromatic N) is 3. The van der Waals surface area contributed by atoms with Crippen molar-refractivity contribution in [2.45, 2.75) is 40.0 Å². The summed E-state index contributed by atoms with van der Waals surface area (Å²) < 4.78 is 18.2. The van der Waals surface area contributed by atoms with Crippen LogP contribution in [0.3, 0.4) is 0 Å². The molecule has 1 aromatic carbocycles. The molecule has 2 atom stereocenters. The lowest BCUT2D eigenvalue weighted by atomic mass is 9.86. The number of hydrogen-bond donors (Lipinski definition) is 0. The van der Waals surface area contributed by atoms with Crippen LogP contribution in [0.4, 0.5) is 0 Å². The SMILES string of the molecule is CC(=O)OCC(C)(C)C(OC(C)=O)C(Oc1ccc(Cl)cc1)n1cncn1. The van der Waals surface area contributed by atoms with Gasteiger partial charge in [-0.25, -0.2) is 9.67 Å². The number of benzene rings is 1. The van der Waals surface area contributed by atoms with Crippen molar-refractivity contribution in [2.75, 3.05) is 6.61 Å². The molecule has 0 bridgehead atoms. The lowest BCUT2D eigenvalue weighted by Gasteiger charge is -2.37. The summed E-state index contributed by atoms with van der Waals surface area (Å²) in [6.45, 7) is 6.25. The van der Waals surface area contributed by atoms with Crippen molar-refractivity contribution in [3.8, 4) is 5.75 Å². The number of rotatable bonds is 8. The minimum absolute atomic E-state index is 0.0233. The summed E-state index contributed by atoms with van der Waals surface area (Å²) in [6.07, 6.45) is 1.14. The van der Waals surface area contributed by atoms with Crippen LogP contribution in [-0.4, -0.2) is 39.4 Å². The fraction of sp³-hybridized carbons (Fsp3) is 0.444. The van der Waals surface area contributed by atoms with Crippen LogP contribution in [0.15, 0.2) is 36.9 Å². The topological polar surface area (TPSA) is 92.5 Å². The van der Waals surface area contributed by atoms with E-state index in [4.69, 9.17) is 25.8 Å². The molecule has 0 saturated carbocycles. The van der Waals surface area contributed by atoms with Gasteiger partial charge in [0.2, 0.25) is 6.23 Å². The Hall–Kier alpha value is -2.61. The summed E-state index contributed by atoms with van der Waals surface area (Å²) in [5, 5.41) is 4.68. The first-order valence-corrected chi connectivity index (χ1v) is 8.64. The maximum Gasteiger partial charge on any atom is 0.303 e. The molecular formula is C18H22ClN3O5. The van der Waals surface area contributed by atoms with Gasteiger partial charge in [0.05, 0.1) is 0 Å². The summed E-state index contributed by atoms with van der Waals surface area (Å²) in [5.74, 6) is -0.429. The zero-order valence-corrected chi connectivity index (χ0v) is 16.3. The van der Waals surface area contributed by atoms with Gasteiger partial charge < -0.3 is 14.2 Å². The summed E-state index contributed by atoms with van der Waals surface area (Å²) >= 11 is 5.92. The lowest BCUT2D eigenvalue weighted by Crippen LogP contribution is -2.46. The number of carbonyl (C=O) groups is 2. The third-order valence-electron chi connectivity index (χ3n) is 3.74. The van der Waals surface area contributed by atoms with Crippen molar-refractivity contribution in [1.29, 1.82) is 0 Å². The van der Waals surface area contributed by atoms with Gasteiger partial charge in [-0.05, 0) is 24.3 Å². The molecule has 27 heavy (non-hydrogen) atoms. The van der Waals surface area contributed by atoms with Gasteiger partial charge >= 0.3 is 11.9 Å². The number of esters is 2. The fourth-order valence-electron chi connectivity index (χ4n) is 2.41. The van der Waals surface area contributed by atoms with Gasteiger partial charge in [0.25, 0.3) is 0 Å². The van der Waals surface area contributed by atoms with E-state index in [-0.39, 0.29) is 6.61 Å². The smallest absolute Gasteiger partial charge is 0.303 e. The van der Waals surface area contributed by atoms with E-state index in [9.17, 15) is 9.59 Å². The largest absolute Gasteiger partial charge is 0.465 e. The van der Waals surface area contributed by atoms with Crippen molar-refractivity contribution < 1.29 is 23.8 Å². The van der Waals surface area contributed by atoms with Crippen molar-refractivity contribution >= 4 is 23.5 Å². The predicted molar refractivity (Wildman–Crippen MR) is 97.1 cm³/mol. The molecule has 0 fully saturated rings. The molecule has 0 radical (unpaired) electrons. The maximum atomic E-state index is 11.8. The maximum absolute atomic E-state index is 11.8. The van der Waals surface area contributed by atoms with Gasteiger partial charge in [-0.2, -0.15) is 5.10 Å².